The van der Waals surface area contributed by atoms with E-state index >= 15 is 0 Å². The summed E-state index contributed by atoms with van der Waals surface area (Å²) in [6.45, 7) is -0.0728. The lowest BCUT2D eigenvalue weighted by molar-refractivity contribution is -0.139. The lowest BCUT2D eigenvalue weighted by atomic mass is 10.1. The number of carbonyl (C=O) groups is 2. The van der Waals surface area contributed by atoms with Crippen LogP contribution in [0.4, 0.5) is 0 Å². The Labute approximate surface area is 142 Å². The molecule has 0 aromatic heterocycles. The van der Waals surface area contributed by atoms with Gasteiger partial charge < -0.3 is 14.5 Å². The molecule has 0 aliphatic rings. The summed E-state index contributed by atoms with van der Waals surface area (Å²) in [6, 6.07) is 17.4. The minimum atomic E-state index is -0.243. The second-order valence-corrected chi connectivity index (χ2v) is 5.69. The number of para-hydroxylation sites is 1. The summed E-state index contributed by atoms with van der Waals surface area (Å²) in [7, 11) is 4.91. The zero-order valence-electron chi connectivity index (χ0n) is 14.2. The third-order valence-corrected chi connectivity index (χ3v) is 3.62. The third kappa shape index (κ3) is 4.59. The topological polar surface area (TPSA) is 49.9 Å². The molecule has 0 atom stereocenters. The predicted molar refractivity (Wildman–Crippen MR) is 93.7 cm³/mol. The van der Waals surface area contributed by atoms with Crippen molar-refractivity contribution < 1.29 is 14.3 Å². The van der Waals surface area contributed by atoms with Gasteiger partial charge in [-0.1, -0.05) is 48.5 Å². The Kier molecular flexibility index (Phi) is 5.95. The van der Waals surface area contributed by atoms with Gasteiger partial charge in [-0.25, -0.2) is 0 Å². The standard InChI is InChI=1S/C19H22N2O3/c1-20(2)18(22)13-21(3)19(23)14-24-17-12-8-7-11-16(17)15-9-5-4-6-10-15/h4-12H,13-14H2,1-3H3. The number of carbonyl (C=O) groups excluding carboxylic acids is 2. The van der Waals surface area contributed by atoms with Crippen LogP contribution in [0.1, 0.15) is 0 Å². The molecule has 0 saturated heterocycles. The molecule has 2 rings (SSSR count). The second-order valence-electron chi connectivity index (χ2n) is 5.69. The van der Waals surface area contributed by atoms with Gasteiger partial charge in [0.05, 0.1) is 6.54 Å². The van der Waals surface area contributed by atoms with Crippen molar-refractivity contribution in [3.63, 3.8) is 0 Å². The van der Waals surface area contributed by atoms with E-state index in [0.717, 1.165) is 11.1 Å². The SMILES string of the molecule is CN(C)C(=O)CN(C)C(=O)COc1ccccc1-c1ccccc1. The Balaban J connectivity index is 2.02. The summed E-state index contributed by atoms with van der Waals surface area (Å²) in [6.07, 6.45) is 0. The molecule has 0 spiro atoms. The normalized spacial score (nSPS) is 10.1. The molecule has 0 aliphatic heterocycles. The van der Waals surface area contributed by atoms with Gasteiger partial charge in [0.15, 0.2) is 6.61 Å². The largest absolute Gasteiger partial charge is 0.483 e. The van der Waals surface area contributed by atoms with E-state index in [4.69, 9.17) is 4.74 Å². The van der Waals surface area contributed by atoms with Crippen molar-refractivity contribution in [2.45, 2.75) is 0 Å². The summed E-state index contributed by atoms with van der Waals surface area (Å²) >= 11 is 0. The van der Waals surface area contributed by atoms with Crippen molar-refractivity contribution in [2.24, 2.45) is 0 Å². The first kappa shape index (κ1) is 17.5. The monoisotopic (exact) mass is 326 g/mol. The van der Waals surface area contributed by atoms with Crippen LogP contribution in [0.25, 0.3) is 11.1 Å². The molecule has 5 nitrogen and oxygen atoms in total. The molecule has 0 fully saturated rings. The van der Waals surface area contributed by atoms with Crippen LogP contribution < -0.4 is 4.74 Å². The van der Waals surface area contributed by atoms with Crippen LogP contribution in [0, 0.1) is 0 Å². The van der Waals surface area contributed by atoms with Gasteiger partial charge in [-0.3, -0.25) is 9.59 Å². The zero-order chi connectivity index (χ0) is 17.5. The molecule has 0 saturated carbocycles. The van der Waals surface area contributed by atoms with Crippen molar-refractivity contribution >= 4 is 11.8 Å². The number of amides is 2. The van der Waals surface area contributed by atoms with E-state index in [-0.39, 0.29) is 25.0 Å². The number of nitrogens with zero attached hydrogens (tertiary/aromatic N) is 2. The van der Waals surface area contributed by atoms with Crippen LogP contribution in [0.15, 0.2) is 54.6 Å². The number of likely N-dealkylation sites (N-methyl/N-ethyl adjacent to an activating group) is 2. The quantitative estimate of drug-likeness (QED) is 0.818. The maximum absolute atomic E-state index is 12.2. The van der Waals surface area contributed by atoms with Crippen LogP contribution >= 0.6 is 0 Å². The van der Waals surface area contributed by atoms with Gasteiger partial charge in [-0.15, -0.1) is 0 Å². The fourth-order valence-corrected chi connectivity index (χ4v) is 2.13. The molecule has 0 radical (unpaired) electrons. The summed E-state index contributed by atoms with van der Waals surface area (Å²) in [5, 5.41) is 0. The van der Waals surface area contributed by atoms with E-state index in [9.17, 15) is 9.59 Å². The highest BCUT2D eigenvalue weighted by molar-refractivity contribution is 5.85. The van der Waals surface area contributed by atoms with Crippen LogP contribution in [0.2, 0.25) is 0 Å². The first-order valence-electron chi connectivity index (χ1n) is 7.70. The molecule has 2 amide bonds. The highest BCUT2D eigenvalue weighted by atomic mass is 16.5. The van der Waals surface area contributed by atoms with Gasteiger partial charge in [-0.05, 0) is 11.6 Å². The Morgan fingerprint density at radius 3 is 2.17 bits per heavy atom. The average Bonchev–Trinajstić information content (AvgIpc) is 2.60. The van der Waals surface area contributed by atoms with Crippen LogP contribution in [0.3, 0.4) is 0 Å². The molecule has 126 valence electrons. The van der Waals surface area contributed by atoms with Gasteiger partial charge in [0, 0.05) is 26.7 Å². The second kappa shape index (κ2) is 8.15. The van der Waals surface area contributed by atoms with Crippen LogP contribution in [0.5, 0.6) is 5.75 Å². The van der Waals surface area contributed by atoms with E-state index in [1.807, 2.05) is 54.6 Å². The van der Waals surface area contributed by atoms with Gasteiger partial charge in [0.2, 0.25) is 5.91 Å². The Bertz CT molecular complexity index is 699. The minimum Gasteiger partial charge on any atom is -0.483 e. The fraction of sp³-hybridized carbons (Fsp3) is 0.263. The Morgan fingerprint density at radius 2 is 1.50 bits per heavy atom. The molecular weight excluding hydrogens is 304 g/mol. The number of benzene rings is 2. The zero-order valence-corrected chi connectivity index (χ0v) is 14.2. The molecule has 24 heavy (non-hydrogen) atoms. The van der Waals surface area contributed by atoms with Crippen molar-refractivity contribution in [1.82, 2.24) is 9.80 Å². The molecule has 5 heteroatoms. The lowest BCUT2D eigenvalue weighted by Gasteiger charge is -2.20. The average molecular weight is 326 g/mol. The Morgan fingerprint density at radius 1 is 0.875 bits per heavy atom. The smallest absolute Gasteiger partial charge is 0.260 e. The van der Waals surface area contributed by atoms with Crippen LogP contribution in [-0.2, 0) is 9.59 Å². The van der Waals surface area contributed by atoms with E-state index < -0.39 is 0 Å². The predicted octanol–water partition coefficient (Wildman–Crippen LogP) is 2.28. The van der Waals surface area contributed by atoms with E-state index in [1.165, 1.54) is 9.80 Å². The summed E-state index contributed by atoms with van der Waals surface area (Å²) in [5.74, 6) is 0.271. The molecular formula is C19H22N2O3. The fourth-order valence-electron chi connectivity index (χ4n) is 2.13. The first-order valence-corrected chi connectivity index (χ1v) is 7.70. The van der Waals surface area contributed by atoms with Crippen molar-refractivity contribution in [2.75, 3.05) is 34.3 Å². The molecule has 0 heterocycles. The molecule has 2 aromatic rings. The van der Waals surface area contributed by atoms with Crippen molar-refractivity contribution in [3.8, 4) is 16.9 Å². The van der Waals surface area contributed by atoms with Crippen molar-refractivity contribution in [1.29, 1.82) is 0 Å². The van der Waals surface area contributed by atoms with E-state index in [1.54, 1.807) is 21.1 Å². The summed E-state index contributed by atoms with van der Waals surface area (Å²) < 4.78 is 5.70. The maximum Gasteiger partial charge on any atom is 0.260 e. The van der Waals surface area contributed by atoms with E-state index in [0.29, 0.717) is 5.75 Å². The highest BCUT2D eigenvalue weighted by Gasteiger charge is 2.15. The van der Waals surface area contributed by atoms with Gasteiger partial charge in [-0.2, -0.15) is 0 Å². The number of hydrogen-bond donors (Lipinski definition) is 0. The van der Waals surface area contributed by atoms with Gasteiger partial charge in [0.25, 0.3) is 5.91 Å². The van der Waals surface area contributed by atoms with E-state index in [2.05, 4.69) is 0 Å². The third-order valence-electron chi connectivity index (χ3n) is 3.62. The van der Waals surface area contributed by atoms with Gasteiger partial charge in [0.1, 0.15) is 5.75 Å². The number of ether oxygens (including phenoxy) is 1. The highest BCUT2D eigenvalue weighted by Crippen LogP contribution is 2.29. The molecule has 0 aliphatic carbocycles. The molecule has 0 N–H and O–H groups in total. The Hall–Kier alpha value is -2.82. The van der Waals surface area contributed by atoms with Crippen molar-refractivity contribution in [3.05, 3.63) is 54.6 Å². The summed E-state index contributed by atoms with van der Waals surface area (Å²) in [4.78, 5) is 26.6. The minimum absolute atomic E-state index is 0.0372. The maximum atomic E-state index is 12.2. The molecule has 2 aromatic carbocycles. The molecule has 0 unspecified atom stereocenters. The molecule has 0 bridgehead atoms. The van der Waals surface area contributed by atoms with Crippen LogP contribution in [-0.4, -0.2) is 55.9 Å². The lowest BCUT2D eigenvalue weighted by Crippen LogP contribution is -2.39. The number of hydrogen-bond acceptors (Lipinski definition) is 3. The van der Waals surface area contributed by atoms with Gasteiger partial charge >= 0.3 is 0 Å². The first-order chi connectivity index (χ1) is 11.5. The summed E-state index contributed by atoms with van der Waals surface area (Å²) in [5.41, 5.74) is 1.95. The number of rotatable bonds is 6.